The molecule has 2 unspecified atom stereocenters. The standard InChI is InChI=1S/C14H18N2O2/c1-14(18)6-7-16(9-14)13(17)12-8-10-4-2-3-5-11(10)15-12/h2-5,12,15,18H,6-9H2,1H3. The molecule has 0 saturated carbocycles. The monoisotopic (exact) mass is 246 g/mol. The summed E-state index contributed by atoms with van der Waals surface area (Å²) in [6.07, 6.45) is 1.41. The van der Waals surface area contributed by atoms with E-state index in [0.29, 0.717) is 19.5 Å². The lowest BCUT2D eigenvalue weighted by Gasteiger charge is -2.22. The number of para-hydroxylation sites is 1. The molecular formula is C14H18N2O2. The normalized spacial score (nSPS) is 30.1. The van der Waals surface area contributed by atoms with Crippen LogP contribution in [-0.2, 0) is 11.2 Å². The van der Waals surface area contributed by atoms with Gasteiger partial charge in [0.05, 0.1) is 5.60 Å². The van der Waals surface area contributed by atoms with Crippen LogP contribution in [0.5, 0.6) is 0 Å². The zero-order chi connectivity index (χ0) is 12.8. The first-order chi connectivity index (χ1) is 8.55. The molecule has 0 aliphatic carbocycles. The van der Waals surface area contributed by atoms with E-state index in [4.69, 9.17) is 0 Å². The molecule has 2 aliphatic rings. The van der Waals surface area contributed by atoms with E-state index in [1.54, 1.807) is 11.8 Å². The minimum Gasteiger partial charge on any atom is -0.388 e. The number of anilines is 1. The van der Waals surface area contributed by atoms with Crippen LogP contribution >= 0.6 is 0 Å². The van der Waals surface area contributed by atoms with Gasteiger partial charge in [-0.2, -0.15) is 0 Å². The van der Waals surface area contributed by atoms with Crippen LogP contribution in [0.25, 0.3) is 0 Å². The van der Waals surface area contributed by atoms with Gasteiger partial charge >= 0.3 is 0 Å². The van der Waals surface area contributed by atoms with Crippen LogP contribution < -0.4 is 5.32 Å². The molecule has 2 aliphatic heterocycles. The number of fused-ring (bicyclic) bond motifs is 1. The fraction of sp³-hybridized carbons (Fsp3) is 0.500. The largest absolute Gasteiger partial charge is 0.388 e. The smallest absolute Gasteiger partial charge is 0.245 e. The van der Waals surface area contributed by atoms with Gasteiger partial charge in [0.25, 0.3) is 0 Å². The van der Waals surface area contributed by atoms with Gasteiger partial charge in [0, 0.05) is 25.2 Å². The number of benzene rings is 1. The molecule has 4 nitrogen and oxygen atoms in total. The first-order valence-corrected chi connectivity index (χ1v) is 6.41. The lowest BCUT2D eigenvalue weighted by Crippen LogP contribution is -2.42. The Kier molecular flexibility index (Phi) is 2.55. The number of carbonyl (C=O) groups excluding carboxylic acids is 1. The van der Waals surface area contributed by atoms with E-state index in [1.165, 1.54) is 5.56 Å². The summed E-state index contributed by atoms with van der Waals surface area (Å²) in [6, 6.07) is 7.85. The Morgan fingerprint density at radius 3 is 2.94 bits per heavy atom. The van der Waals surface area contributed by atoms with Crippen molar-refractivity contribution in [2.45, 2.75) is 31.4 Å². The summed E-state index contributed by atoms with van der Waals surface area (Å²) < 4.78 is 0. The van der Waals surface area contributed by atoms with Crippen LogP contribution in [0.3, 0.4) is 0 Å². The Morgan fingerprint density at radius 1 is 1.50 bits per heavy atom. The number of carbonyl (C=O) groups is 1. The lowest BCUT2D eigenvalue weighted by molar-refractivity contribution is -0.131. The van der Waals surface area contributed by atoms with Crippen molar-refractivity contribution in [1.82, 2.24) is 4.90 Å². The zero-order valence-corrected chi connectivity index (χ0v) is 10.5. The molecular weight excluding hydrogens is 228 g/mol. The van der Waals surface area contributed by atoms with Crippen LogP contribution in [0, 0.1) is 0 Å². The summed E-state index contributed by atoms with van der Waals surface area (Å²) in [5.41, 5.74) is 1.53. The molecule has 1 saturated heterocycles. The van der Waals surface area contributed by atoms with Crippen LogP contribution in [0.15, 0.2) is 24.3 Å². The molecule has 3 rings (SSSR count). The molecule has 1 fully saturated rings. The maximum absolute atomic E-state index is 12.4. The van der Waals surface area contributed by atoms with E-state index in [1.807, 2.05) is 18.2 Å². The fourth-order valence-electron chi connectivity index (χ4n) is 2.80. The predicted molar refractivity (Wildman–Crippen MR) is 69.4 cm³/mol. The van der Waals surface area contributed by atoms with Crippen molar-refractivity contribution in [3.63, 3.8) is 0 Å². The summed E-state index contributed by atoms with van der Waals surface area (Å²) in [6.45, 7) is 2.89. The van der Waals surface area contributed by atoms with Crippen molar-refractivity contribution in [2.24, 2.45) is 0 Å². The van der Waals surface area contributed by atoms with Crippen molar-refractivity contribution in [2.75, 3.05) is 18.4 Å². The van der Waals surface area contributed by atoms with E-state index in [2.05, 4.69) is 11.4 Å². The summed E-state index contributed by atoms with van der Waals surface area (Å²) in [5.74, 6) is 0.101. The number of nitrogens with zero attached hydrogens (tertiary/aromatic N) is 1. The maximum Gasteiger partial charge on any atom is 0.245 e. The molecule has 1 aromatic rings. The second kappa shape index (κ2) is 3.99. The summed E-state index contributed by atoms with van der Waals surface area (Å²) in [5, 5.41) is 13.2. The minimum atomic E-state index is -0.721. The Labute approximate surface area is 107 Å². The van der Waals surface area contributed by atoms with Gasteiger partial charge in [-0.3, -0.25) is 4.79 Å². The SMILES string of the molecule is CC1(O)CCN(C(=O)C2Cc3ccccc3N2)C1. The van der Waals surface area contributed by atoms with E-state index >= 15 is 0 Å². The second-order valence-electron chi connectivity index (χ2n) is 5.56. The van der Waals surface area contributed by atoms with Gasteiger partial charge in [0.15, 0.2) is 0 Å². The van der Waals surface area contributed by atoms with Gasteiger partial charge in [0.2, 0.25) is 5.91 Å². The first kappa shape index (κ1) is 11.5. The molecule has 2 N–H and O–H groups in total. The summed E-state index contributed by atoms with van der Waals surface area (Å²) in [4.78, 5) is 14.1. The molecule has 0 spiro atoms. The number of aliphatic hydroxyl groups is 1. The van der Waals surface area contributed by atoms with Crippen LogP contribution in [0.2, 0.25) is 0 Å². The average Bonchev–Trinajstić information content (AvgIpc) is 2.91. The molecule has 2 heterocycles. The van der Waals surface area contributed by atoms with Crippen molar-refractivity contribution >= 4 is 11.6 Å². The third kappa shape index (κ3) is 1.97. The minimum absolute atomic E-state index is 0.101. The number of rotatable bonds is 1. The van der Waals surface area contributed by atoms with Crippen molar-refractivity contribution in [3.8, 4) is 0 Å². The average molecular weight is 246 g/mol. The highest BCUT2D eigenvalue weighted by Gasteiger charge is 2.38. The third-order valence-electron chi connectivity index (χ3n) is 3.83. The molecule has 96 valence electrons. The summed E-state index contributed by atoms with van der Waals surface area (Å²) >= 11 is 0. The molecule has 18 heavy (non-hydrogen) atoms. The number of hydrogen-bond acceptors (Lipinski definition) is 3. The highest BCUT2D eigenvalue weighted by molar-refractivity contribution is 5.87. The van der Waals surface area contributed by atoms with Gasteiger partial charge in [0.1, 0.15) is 6.04 Å². The molecule has 0 bridgehead atoms. The Morgan fingerprint density at radius 2 is 2.28 bits per heavy atom. The molecule has 1 amide bonds. The number of β-amino-alcohol motifs (C(OH)–C–C–N with tert-alkyl or cyclic N) is 1. The van der Waals surface area contributed by atoms with Gasteiger partial charge < -0.3 is 15.3 Å². The second-order valence-corrected chi connectivity index (χ2v) is 5.56. The van der Waals surface area contributed by atoms with Gasteiger partial charge in [-0.15, -0.1) is 0 Å². The molecule has 1 aromatic carbocycles. The third-order valence-corrected chi connectivity index (χ3v) is 3.83. The Hall–Kier alpha value is -1.55. The van der Waals surface area contributed by atoms with Gasteiger partial charge in [-0.05, 0) is 25.0 Å². The Bertz CT molecular complexity index is 459. The van der Waals surface area contributed by atoms with Crippen molar-refractivity contribution in [3.05, 3.63) is 29.8 Å². The number of nitrogens with one attached hydrogen (secondary N) is 1. The molecule has 0 radical (unpaired) electrons. The van der Waals surface area contributed by atoms with Crippen LogP contribution in [0.1, 0.15) is 18.9 Å². The molecule has 0 aromatic heterocycles. The summed E-state index contributed by atoms with van der Waals surface area (Å²) in [7, 11) is 0. The quantitative estimate of drug-likeness (QED) is 0.777. The van der Waals surface area contributed by atoms with Crippen LogP contribution in [0.4, 0.5) is 5.69 Å². The van der Waals surface area contributed by atoms with Gasteiger partial charge in [-0.25, -0.2) is 0 Å². The topological polar surface area (TPSA) is 52.6 Å². The molecule has 4 heteroatoms. The van der Waals surface area contributed by atoms with E-state index < -0.39 is 5.60 Å². The number of likely N-dealkylation sites (tertiary alicyclic amines) is 1. The zero-order valence-electron chi connectivity index (χ0n) is 10.5. The van der Waals surface area contributed by atoms with E-state index in [9.17, 15) is 9.90 Å². The number of hydrogen-bond donors (Lipinski definition) is 2. The predicted octanol–water partition coefficient (Wildman–Crippen LogP) is 1.01. The van der Waals surface area contributed by atoms with E-state index in [-0.39, 0.29) is 11.9 Å². The van der Waals surface area contributed by atoms with Crippen molar-refractivity contribution in [1.29, 1.82) is 0 Å². The highest BCUT2D eigenvalue weighted by atomic mass is 16.3. The fourth-order valence-corrected chi connectivity index (χ4v) is 2.80. The first-order valence-electron chi connectivity index (χ1n) is 6.41. The lowest BCUT2D eigenvalue weighted by atomic mass is 10.1. The highest BCUT2D eigenvalue weighted by Crippen LogP contribution is 2.28. The van der Waals surface area contributed by atoms with Crippen molar-refractivity contribution < 1.29 is 9.90 Å². The molecule has 2 atom stereocenters. The van der Waals surface area contributed by atoms with Crippen LogP contribution in [-0.4, -0.2) is 40.6 Å². The Balaban J connectivity index is 1.70. The van der Waals surface area contributed by atoms with E-state index in [0.717, 1.165) is 12.1 Å². The van der Waals surface area contributed by atoms with Gasteiger partial charge in [-0.1, -0.05) is 18.2 Å². The number of amides is 1. The maximum atomic E-state index is 12.4.